The molecule has 0 unspecified atom stereocenters. The lowest BCUT2D eigenvalue weighted by Crippen LogP contribution is -1.97. The normalized spacial score (nSPS) is 9.11. The molecule has 2 nitrogen and oxygen atoms in total. The van der Waals surface area contributed by atoms with Crippen LogP contribution in [0.2, 0.25) is 0 Å². The minimum absolute atomic E-state index is 0.123. The highest BCUT2D eigenvalue weighted by atomic mass is 32.2. The number of hydrogen-bond acceptors (Lipinski definition) is 2. The van der Waals surface area contributed by atoms with Crippen molar-refractivity contribution >= 4 is 17.7 Å². The average molecular weight is 280 g/mol. The Morgan fingerprint density at radius 1 is 1.00 bits per heavy atom. The number of carboxylic acid groups (broad SMARTS) is 1. The molecule has 0 bridgehead atoms. The summed E-state index contributed by atoms with van der Waals surface area (Å²) in [6, 6.07) is 0. The SMILES string of the molecule is CCCCCCCCC#CCC#CCSCC(=O)O. The first-order valence-electron chi connectivity index (χ1n) is 6.98. The van der Waals surface area contributed by atoms with Gasteiger partial charge in [0.15, 0.2) is 0 Å². The van der Waals surface area contributed by atoms with Gasteiger partial charge in [0.2, 0.25) is 0 Å². The Labute approximate surface area is 121 Å². The maximum atomic E-state index is 10.2. The summed E-state index contributed by atoms with van der Waals surface area (Å²) in [4.78, 5) is 10.2. The number of rotatable bonds is 9. The van der Waals surface area contributed by atoms with E-state index in [-0.39, 0.29) is 5.75 Å². The molecule has 0 saturated heterocycles. The maximum Gasteiger partial charge on any atom is 0.313 e. The van der Waals surface area contributed by atoms with Crippen molar-refractivity contribution in [2.75, 3.05) is 11.5 Å². The van der Waals surface area contributed by atoms with E-state index in [4.69, 9.17) is 5.11 Å². The van der Waals surface area contributed by atoms with Gasteiger partial charge in [0.05, 0.1) is 17.9 Å². The number of carboxylic acids is 1. The van der Waals surface area contributed by atoms with Crippen LogP contribution in [0.15, 0.2) is 0 Å². The zero-order valence-corrected chi connectivity index (χ0v) is 12.7. The lowest BCUT2D eigenvalue weighted by Gasteiger charge is -1.96. The van der Waals surface area contributed by atoms with Gasteiger partial charge in [-0.3, -0.25) is 4.79 Å². The van der Waals surface area contributed by atoms with Crippen LogP contribution in [0.1, 0.15) is 58.3 Å². The summed E-state index contributed by atoms with van der Waals surface area (Å²) >= 11 is 1.32. The molecule has 0 saturated carbocycles. The third-order valence-corrected chi connectivity index (χ3v) is 3.28. The minimum atomic E-state index is -0.787. The van der Waals surface area contributed by atoms with E-state index in [1.807, 2.05) is 0 Å². The predicted octanol–water partition coefficient (Wildman–Crippen LogP) is 3.95. The molecule has 0 atom stereocenters. The highest BCUT2D eigenvalue weighted by Crippen LogP contribution is 2.06. The van der Waals surface area contributed by atoms with Gasteiger partial charge < -0.3 is 5.11 Å². The van der Waals surface area contributed by atoms with Crippen LogP contribution in [0, 0.1) is 23.7 Å². The van der Waals surface area contributed by atoms with Crippen molar-refractivity contribution in [3.05, 3.63) is 0 Å². The molecule has 1 N–H and O–H groups in total. The lowest BCUT2D eigenvalue weighted by molar-refractivity contribution is -0.133. The maximum absolute atomic E-state index is 10.2. The molecule has 0 aromatic rings. The van der Waals surface area contributed by atoms with E-state index in [1.54, 1.807) is 0 Å². The Bertz CT molecular complexity index is 341. The molecule has 0 aromatic carbocycles. The Hall–Kier alpha value is -1.06. The molecule has 0 radical (unpaired) electrons. The molecule has 0 heterocycles. The fourth-order valence-electron chi connectivity index (χ4n) is 1.49. The first-order chi connectivity index (χ1) is 9.27. The van der Waals surface area contributed by atoms with Crippen molar-refractivity contribution < 1.29 is 9.90 Å². The lowest BCUT2D eigenvalue weighted by atomic mass is 10.1. The van der Waals surface area contributed by atoms with Crippen molar-refractivity contribution in [3.8, 4) is 23.7 Å². The second kappa shape index (κ2) is 15.0. The monoisotopic (exact) mass is 280 g/mol. The van der Waals surface area contributed by atoms with Gasteiger partial charge in [-0.2, -0.15) is 0 Å². The van der Waals surface area contributed by atoms with Crippen LogP contribution >= 0.6 is 11.8 Å². The highest BCUT2D eigenvalue weighted by Gasteiger charge is 1.92. The number of aliphatic carboxylic acids is 1. The van der Waals surface area contributed by atoms with Crippen molar-refractivity contribution in [1.29, 1.82) is 0 Å². The van der Waals surface area contributed by atoms with Gasteiger partial charge >= 0.3 is 5.97 Å². The third-order valence-electron chi connectivity index (χ3n) is 2.48. The molecule has 106 valence electrons. The fraction of sp³-hybridized carbons (Fsp3) is 0.688. The van der Waals surface area contributed by atoms with E-state index in [0.29, 0.717) is 12.2 Å². The highest BCUT2D eigenvalue weighted by molar-refractivity contribution is 8.00. The van der Waals surface area contributed by atoms with Gasteiger partial charge in [0, 0.05) is 6.42 Å². The van der Waals surface area contributed by atoms with Gasteiger partial charge in [-0.05, 0) is 6.42 Å². The minimum Gasteiger partial charge on any atom is -0.481 e. The zero-order valence-electron chi connectivity index (χ0n) is 11.8. The molecule has 0 rings (SSSR count). The summed E-state index contributed by atoms with van der Waals surface area (Å²) < 4.78 is 0. The van der Waals surface area contributed by atoms with E-state index < -0.39 is 5.97 Å². The van der Waals surface area contributed by atoms with Gasteiger partial charge in [-0.15, -0.1) is 17.7 Å². The van der Waals surface area contributed by atoms with Crippen molar-refractivity contribution in [2.24, 2.45) is 0 Å². The van der Waals surface area contributed by atoms with E-state index >= 15 is 0 Å². The summed E-state index contributed by atoms with van der Waals surface area (Å²) in [5.74, 6) is 11.9. The molecule has 19 heavy (non-hydrogen) atoms. The quantitative estimate of drug-likeness (QED) is 0.513. The average Bonchev–Trinajstić information content (AvgIpc) is 2.39. The Morgan fingerprint density at radius 2 is 1.68 bits per heavy atom. The van der Waals surface area contributed by atoms with E-state index in [2.05, 4.69) is 30.6 Å². The van der Waals surface area contributed by atoms with Crippen LogP contribution in [0.5, 0.6) is 0 Å². The number of unbranched alkanes of at least 4 members (excludes halogenated alkanes) is 6. The van der Waals surface area contributed by atoms with Gasteiger partial charge in [0.1, 0.15) is 0 Å². The molecule has 0 aliphatic rings. The van der Waals surface area contributed by atoms with Gasteiger partial charge in [0.25, 0.3) is 0 Å². The second-order valence-electron chi connectivity index (χ2n) is 4.29. The molecule has 0 spiro atoms. The first kappa shape index (κ1) is 17.9. The van der Waals surface area contributed by atoms with Crippen LogP contribution in [-0.4, -0.2) is 22.6 Å². The number of hydrogen-bond donors (Lipinski definition) is 1. The second-order valence-corrected chi connectivity index (χ2v) is 5.27. The number of thioether (sulfide) groups is 1. The van der Waals surface area contributed by atoms with E-state index in [9.17, 15) is 4.79 Å². The Balaban J connectivity index is 3.30. The van der Waals surface area contributed by atoms with Gasteiger partial charge in [-0.25, -0.2) is 0 Å². The molecular weight excluding hydrogens is 256 g/mol. The fourth-order valence-corrected chi connectivity index (χ4v) is 1.97. The summed E-state index contributed by atoms with van der Waals surface area (Å²) in [5.41, 5.74) is 0. The Kier molecular flexibility index (Phi) is 14.2. The zero-order chi connectivity index (χ0) is 14.2. The summed E-state index contributed by atoms with van der Waals surface area (Å²) in [7, 11) is 0. The van der Waals surface area contributed by atoms with Crippen molar-refractivity contribution in [1.82, 2.24) is 0 Å². The number of carbonyl (C=O) groups is 1. The van der Waals surface area contributed by atoms with Gasteiger partial charge in [-0.1, -0.05) is 56.8 Å². The topological polar surface area (TPSA) is 37.3 Å². The first-order valence-corrected chi connectivity index (χ1v) is 8.13. The molecule has 0 amide bonds. The van der Waals surface area contributed by atoms with Crippen molar-refractivity contribution in [3.63, 3.8) is 0 Å². The van der Waals surface area contributed by atoms with E-state index in [0.717, 1.165) is 6.42 Å². The van der Waals surface area contributed by atoms with Crippen LogP contribution in [0.4, 0.5) is 0 Å². The summed E-state index contributed by atoms with van der Waals surface area (Å²) in [6.07, 6.45) is 9.37. The van der Waals surface area contributed by atoms with Crippen LogP contribution < -0.4 is 0 Å². The summed E-state index contributed by atoms with van der Waals surface area (Å²) in [5, 5.41) is 8.41. The largest absolute Gasteiger partial charge is 0.481 e. The molecule has 0 fully saturated rings. The molecule has 0 aliphatic carbocycles. The smallest absolute Gasteiger partial charge is 0.313 e. The van der Waals surface area contributed by atoms with Crippen molar-refractivity contribution in [2.45, 2.75) is 58.3 Å². The third kappa shape index (κ3) is 16.9. The van der Waals surface area contributed by atoms with Crippen LogP contribution in [-0.2, 0) is 4.79 Å². The van der Waals surface area contributed by atoms with E-state index in [1.165, 1.54) is 50.3 Å². The molecule has 3 heteroatoms. The standard InChI is InChI=1S/C16H24O2S/c1-2-3-4-5-6-7-8-9-10-11-12-13-14-19-15-16(17)18/h2-8,11,14-15H2,1H3,(H,17,18). The molecular formula is C16H24O2S. The molecule has 0 aliphatic heterocycles. The van der Waals surface area contributed by atoms with Crippen LogP contribution in [0.25, 0.3) is 0 Å². The molecule has 0 aromatic heterocycles. The Morgan fingerprint density at radius 3 is 2.42 bits per heavy atom. The summed E-state index contributed by atoms with van der Waals surface area (Å²) in [6.45, 7) is 2.23. The predicted molar refractivity (Wildman–Crippen MR) is 83.1 cm³/mol. The van der Waals surface area contributed by atoms with Crippen LogP contribution in [0.3, 0.4) is 0 Å².